The molecule has 7 nitrogen and oxygen atoms in total. The van der Waals surface area contributed by atoms with E-state index in [9.17, 15) is 14.4 Å². The number of methoxy groups -OCH3 is 1. The van der Waals surface area contributed by atoms with E-state index in [1.807, 2.05) is 0 Å². The van der Waals surface area contributed by atoms with Gasteiger partial charge in [0, 0.05) is 6.04 Å². The van der Waals surface area contributed by atoms with Crippen molar-refractivity contribution in [1.82, 2.24) is 5.32 Å². The molecule has 0 radical (unpaired) electrons. The second-order valence-electron chi connectivity index (χ2n) is 8.05. The van der Waals surface area contributed by atoms with Gasteiger partial charge in [0.1, 0.15) is 12.3 Å². The van der Waals surface area contributed by atoms with E-state index in [4.69, 9.17) is 15.6 Å². The summed E-state index contributed by atoms with van der Waals surface area (Å²) in [6.07, 6.45) is 3.75. The van der Waals surface area contributed by atoms with Crippen LogP contribution in [0, 0.1) is 17.3 Å². The molecule has 0 aromatic rings. The molecule has 1 fully saturated rings. The lowest BCUT2D eigenvalue weighted by atomic mass is 9.71. The zero-order chi connectivity index (χ0) is 19.2. The molecule has 144 valence electrons. The zero-order valence-corrected chi connectivity index (χ0v) is 15.7. The Morgan fingerprint density at radius 1 is 1.36 bits per heavy atom. The van der Waals surface area contributed by atoms with Crippen LogP contribution in [0.25, 0.3) is 0 Å². The Labute approximate surface area is 149 Å². The van der Waals surface area contributed by atoms with Gasteiger partial charge in [-0.15, -0.1) is 0 Å². The summed E-state index contributed by atoms with van der Waals surface area (Å²) < 4.78 is 4.71. The number of hydrogen-bond donors (Lipinski definition) is 3. The van der Waals surface area contributed by atoms with Gasteiger partial charge in [-0.05, 0) is 36.5 Å². The molecule has 0 amide bonds. The van der Waals surface area contributed by atoms with Crippen molar-refractivity contribution < 1.29 is 24.2 Å². The molecule has 1 saturated carbocycles. The third-order valence-electron chi connectivity index (χ3n) is 5.20. The lowest BCUT2D eigenvalue weighted by Crippen LogP contribution is -2.50. The Bertz CT molecular complexity index is 475. The summed E-state index contributed by atoms with van der Waals surface area (Å²) in [5.74, 6) is -0.906. The minimum Gasteiger partial charge on any atom is -0.481 e. The number of aliphatic carboxylic acids is 1. The Morgan fingerprint density at radius 2 is 2.00 bits per heavy atom. The van der Waals surface area contributed by atoms with Crippen LogP contribution in [0.15, 0.2) is 0 Å². The van der Waals surface area contributed by atoms with Crippen LogP contribution in [-0.4, -0.2) is 48.6 Å². The van der Waals surface area contributed by atoms with Gasteiger partial charge in [0.2, 0.25) is 0 Å². The average Bonchev–Trinajstić information content (AvgIpc) is 3.01. The Hall–Kier alpha value is -1.47. The van der Waals surface area contributed by atoms with Crippen LogP contribution in [0.3, 0.4) is 0 Å². The first-order chi connectivity index (χ1) is 11.6. The third-order valence-corrected chi connectivity index (χ3v) is 5.20. The molecule has 1 rings (SSSR count). The van der Waals surface area contributed by atoms with Gasteiger partial charge in [-0.3, -0.25) is 9.59 Å². The van der Waals surface area contributed by atoms with Crippen LogP contribution in [-0.2, 0) is 19.1 Å². The molecule has 0 aromatic carbocycles. The number of rotatable bonds is 9. The number of aldehydes is 1. The Kier molecular flexibility index (Phi) is 8.02. The number of nitrogens with one attached hydrogen (secondary N) is 1. The van der Waals surface area contributed by atoms with E-state index >= 15 is 0 Å². The summed E-state index contributed by atoms with van der Waals surface area (Å²) in [5.41, 5.74) is 6.03. The van der Waals surface area contributed by atoms with Gasteiger partial charge in [-0.25, -0.2) is 0 Å². The molecular formula is C18H32N2O5. The maximum absolute atomic E-state index is 11.7. The van der Waals surface area contributed by atoms with Crippen molar-refractivity contribution in [2.24, 2.45) is 23.0 Å². The average molecular weight is 356 g/mol. The number of carbonyl (C=O) groups excluding carboxylic acids is 2. The van der Waals surface area contributed by atoms with Crippen LogP contribution in [0.1, 0.15) is 52.9 Å². The van der Waals surface area contributed by atoms with Crippen LogP contribution in [0.4, 0.5) is 0 Å². The highest BCUT2D eigenvalue weighted by molar-refractivity contribution is 5.75. The number of carbonyl (C=O) groups is 3. The molecule has 7 heteroatoms. The van der Waals surface area contributed by atoms with Gasteiger partial charge in [-0.1, -0.05) is 27.2 Å². The summed E-state index contributed by atoms with van der Waals surface area (Å²) in [4.78, 5) is 34.0. The molecule has 0 aromatic heterocycles. The number of esters is 1. The highest BCUT2D eigenvalue weighted by atomic mass is 16.5. The Morgan fingerprint density at radius 3 is 2.48 bits per heavy atom. The highest BCUT2D eigenvalue weighted by Crippen LogP contribution is 2.45. The van der Waals surface area contributed by atoms with E-state index in [1.165, 1.54) is 7.11 Å². The lowest BCUT2D eigenvalue weighted by Gasteiger charge is -2.38. The van der Waals surface area contributed by atoms with E-state index < -0.39 is 24.0 Å². The molecule has 0 aliphatic heterocycles. The molecular weight excluding hydrogens is 324 g/mol. The first kappa shape index (κ1) is 21.6. The monoisotopic (exact) mass is 356 g/mol. The molecule has 4 unspecified atom stereocenters. The lowest BCUT2D eigenvalue weighted by molar-refractivity contribution is -0.143. The molecule has 5 atom stereocenters. The molecule has 0 bridgehead atoms. The number of nitrogens with two attached hydrogens (primary N) is 1. The second kappa shape index (κ2) is 9.29. The van der Waals surface area contributed by atoms with Crippen molar-refractivity contribution in [3.8, 4) is 0 Å². The minimum atomic E-state index is -1.04. The number of hydrogen-bond acceptors (Lipinski definition) is 6. The van der Waals surface area contributed by atoms with Crippen molar-refractivity contribution >= 4 is 18.2 Å². The molecule has 4 N–H and O–H groups in total. The van der Waals surface area contributed by atoms with Gasteiger partial charge < -0.3 is 25.7 Å². The fraction of sp³-hybridized carbons (Fsp3) is 0.833. The summed E-state index contributed by atoms with van der Waals surface area (Å²) >= 11 is 0. The van der Waals surface area contributed by atoms with Crippen molar-refractivity contribution in [3.63, 3.8) is 0 Å². The second-order valence-corrected chi connectivity index (χ2v) is 8.05. The van der Waals surface area contributed by atoms with Gasteiger partial charge in [0.25, 0.3) is 0 Å². The van der Waals surface area contributed by atoms with Gasteiger partial charge in [-0.2, -0.15) is 0 Å². The van der Waals surface area contributed by atoms with Crippen molar-refractivity contribution in [3.05, 3.63) is 0 Å². The first-order valence-corrected chi connectivity index (χ1v) is 8.86. The fourth-order valence-corrected chi connectivity index (χ4v) is 4.04. The van der Waals surface area contributed by atoms with E-state index in [-0.39, 0.29) is 23.8 Å². The van der Waals surface area contributed by atoms with E-state index in [0.29, 0.717) is 18.6 Å². The van der Waals surface area contributed by atoms with Gasteiger partial charge in [0.05, 0.1) is 19.6 Å². The highest BCUT2D eigenvalue weighted by Gasteiger charge is 2.41. The maximum Gasteiger partial charge on any atom is 0.322 e. The first-order valence-electron chi connectivity index (χ1n) is 8.86. The Balaban J connectivity index is 2.99. The van der Waals surface area contributed by atoms with E-state index in [1.54, 1.807) is 0 Å². The smallest absolute Gasteiger partial charge is 0.322 e. The summed E-state index contributed by atoms with van der Waals surface area (Å²) in [7, 11) is 1.29. The van der Waals surface area contributed by atoms with E-state index in [2.05, 4.69) is 26.1 Å². The van der Waals surface area contributed by atoms with Crippen LogP contribution >= 0.6 is 0 Å². The SMILES string of the molecule is COC(=O)C(N)CC(N[C@H](C=O)CC(=O)O)C1CCCC1C(C)(C)C. The number of carboxylic acid groups (broad SMARTS) is 1. The summed E-state index contributed by atoms with van der Waals surface area (Å²) in [6.45, 7) is 6.55. The zero-order valence-electron chi connectivity index (χ0n) is 15.7. The third kappa shape index (κ3) is 6.40. The number of carboxylic acids is 1. The predicted molar refractivity (Wildman–Crippen MR) is 93.9 cm³/mol. The topological polar surface area (TPSA) is 119 Å². The minimum absolute atomic E-state index is 0.0833. The summed E-state index contributed by atoms with van der Waals surface area (Å²) in [5, 5.41) is 12.1. The predicted octanol–water partition coefficient (Wildman–Crippen LogP) is 1.34. The molecule has 0 heterocycles. The van der Waals surface area contributed by atoms with Crippen LogP contribution in [0.2, 0.25) is 0 Å². The van der Waals surface area contributed by atoms with Crippen LogP contribution < -0.4 is 11.1 Å². The standard InChI is InChI=1S/C18H32N2O5/c1-18(2,3)13-7-5-6-12(13)15(9-14(19)17(24)25-4)20-11(10-21)8-16(22)23/h10-15,20H,5-9,19H2,1-4H3,(H,22,23)/t11-,12?,13?,14?,15?/m0/s1. The van der Waals surface area contributed by atoms with Crippen LogP contribution in [0.5, 0.6) is 0 Å². The summed E-state index contributed by atoms with van der Waals surface area (Å²) in [6, 6.07) is -1.82. The molecule has 0 saturated heterocycles. The molecule has 1 aliphatic rings. The largest absolute Gasteiger partial charge is 0.481 e. The van der Waals surface area contributed by atoms with Crippen molar-refractivity contribution in [1.29, 1.82) is 0 Å². The quantitative estimate of drug-likeness (QED) is 0.421. The fourth-order valence-electron chi connectivity index (χ4n) is 4.04. The number of ether oxygens (including phenoxy) is 1. The van der Waals surface area contributed by atoms with Gasteiger partial charge >= 0.3 is 11.9 Å². The normalized spacial score (nSPS) is 24.4. The van der Waals surface area contributed by atoms with Crippen molar-refractivity contribution in [2.75, 3.05) is 7.11 Å². The van der Waals surface area contributed by atoms with Gasteiger partial charge in [0.15, 0.2) is 0 Å². The maximum atomic E-state index is 11.7. The molecule has 1 aliphatic carbocycles. The molecule has 25 heavy (non-hydrogen) atoms. The van der Waals surface area contributed by atoms with E-state index in [0.717, 1.165) is 19.3 Å². The molecule has 0 spiro atoms. The van der Waals surface area contributed by atoms with Crippen molar-refractivity contribution in [2.45, 2.75) is 71.0 Å².